The van der Waals surface area contributed by atoms with E-state index in [2.05, 4.69) is 20.2 Å². The van der Waals surface area contributed by atoms with Gasteiger partial charge in [-0.1, -0.05) is 11.6 Å². The summed E-state index contributed by atoms with van der Waals surface area (Å²) in [5.74, 6) is 0.746. The Kier molecular flexibility index (Phi) is 4.60. The Bertz CT molecular complexity index is 394. The fraction of sp³-hybridized carbons (Fsp3) is 0.667. The van der Waals surface area contributed by atoms with Crippen LogP contribution in [0.4, 0.5) is 5.82 Å². The van der Waals surface area contributed by atoms with Gasteiger partial charge >= 0.3 is 6.01 Å². The van der Waals surface area contributed by atoms with Crippen molar-refractivity contribution in [3.63, 3.8) is 0 Å². The molecule has 0 aromatic carbocycles. The second-order valence-electron chi connectivity index (χ2n) is 4.47. The Morgan fingerprint density at radius 1 is 1.44 bits per heavy atom. The molecule has 0 bridgehead atoms. The van der Waals surface area contributed by atoms with Crippen LogP contribution in [0.1, 0.15) is 19.3 Å². The highest BCUT2D eigenvalue weighted by molar-refractivity contribution is 6.32. The first-order valence-electron chi connectivity index (χ1n) is 6.22. The van der Waals surface area contributed by atoms with Crippen LogP contribution in [0.25, 0.3) is 0 Å². The number of halogens is 1. The first kappa shape index (κ1) is 13.4. The van der Waals surface area contributed by atoms with Gasteiger partial charge < -0.3 is 15.0 Å². The molecule has 2 rings (SSSR count). The molecule has 5 nitrogen and oxygen atoms in total. The van der Waals surface area contributed by atoms with E-state index in [0.717, 1.165) is 31.7 Å². The van der Waals surface area contributed by atoms with Gasteiger partial charge in [-0.3, -0.25) is 0 Å². The van der Waals surface area contributed by atoms with E-state index in [1.165, 1.54) is 6.42 Å². The quantitative estimate of drug-likeness (QED) is 0.906. The van der Waals surface area contributed by atoms with Crippen LogP contribution in [0.3, 0.4) is 0 Å². The third-order valence-corrected chi connectivity index (χ3v) is 3.58. The smallest absolute Gasteiger partial charge is 0.318 e. The SMILES string of the molecule is COc1ncc(Cl)c(N(C)C2CCCNCC2)n1. The van der Waals surface area contributed by atoms with E-state index < -0.39 is 0 Å². The average molecular weight is 271 g/mol. The number of nitrogens with zero attached hydrogens (tertiary/aromatic N) is 3. The highest BCUT2D eigenvalue weighted by Gasteiger charge is 2.20. The van der Waals surface area contributed by atoms with E-state index in [1.54, 1.807) is 13.3 Å². The van der Waals surface area contributed by atoms with Crippen LogP contribution >= 0.6 is 11.6 Å². The summed E-state index contributed by atoms with van der Waals surface area (Å²) in [5.41, 5.74) is 0. The number of aromatic nitrogens is 2. The molecule has 0 amide bonds. The maximum Gasteiger partial charge on any atom is 0.318 e. The van der Waals surface area contributed by atoms with Crippen LogP contribution in [0.15, 0.2) is 6.20 Å². The maximum atomic E-state index is 6.17. The molecule has 0 saturated carbocycles. The third-order valence-electron chi connectivity index (χ3n) is 3.31. The van der Waals surface area contributed by atoms with Crippen molar-refractivity contribution in [3.05, 3.63) is 11.2 Å². The summed E-state index contributed by atoms with van der Waals surface area (Å²) >= 11 is 6.17. The average Bonchev–Trinajstić information content (AvgIpc) is 2.67. The lowest BCUT2D eigenvalue weighted by atomic mass is 10.1. The van der Waals surface area contributed by atoms with Gasteiger partial charge in [0.2, 0.25) is 0 Å². The fourth-order valence-corrected chi connectivity index (χ4v) is 2.47. The molecule has 1 aromatic heterocycles. The molecule has 6 heteroatoms. The molecule has 1 aliphatic rings. The zero-order valence-corrected chi connectivity index (χ0v) is 11.6. The van der Waals surface area contributed by atoms with E-state index in [4.69, 9.17) is 16.3 Å². The lowest BCUT2D eigenvalue weighted by Crippen LogP contribution is -2.33. The van der Waals surface area contributed by atoms with Crippen LogP contribution < -0.4 is 15.0 Å². The summed E-state index contributed by atoms with van der Waals surface area (Å²) in [7, 11) is 3.59. The minimum absolute atomic E-state index is 0.355. The van der Waals surface area contributed by atoms with Crippen molar-refractivity contribution in [2.45, 2.75) is 25.3 Å². The first-order chi connectivity index (χ1) is 8.72. The molecule has 1 unspecified atom stereocenters. The van der Waals surface area contributed by atoms with Crippen LogP contribution in [0, 0.1) is 0 Å². The monoisotopic (exact) mass is 270 g/mol. The van der Waals surface area contributed by atoms with Crippen molar-refractivity contribution in [1.82, 2.24) is 15.3 Å². The number of anilines is 1. The van der Waals surface area contributed by atoms with Gasteiger partial charge in [0, 0.05) is 13.1 Å². The Morgan fingerprint density at radius 2 is 2.28 bits per heavy atom. The van der Waals surface area contributed by atoms with Crippen LogP contribution in [-0.2, 0) is 0 Å². The van der Waals surface area contributed by atoms with E-state index >= 15 is 0 Å². The van der Waals surface area contributed by atoms with Crippen molar-refractivity contribution in [3.8, 4) is 6.01 Å². The molecule has 0 spiro atoms. The van der Waals surface area contributed by atoms with Crippen LogP contribution in [0.2, 0.25) is 5.02 Å². The van der Waals surface area contributed by atoms with Crippen molar-refractivity contribution in [2.24, 2.45) is 0 Å². The largest absolute Gasteiger partial charge is 0.467 e. The van der Waals surface area contributed by atoms with E-state index in [9.17, 15) is 0 Å². The molecule has 1 fully saturated rings. The molecule has 1 aliphatic heterocycles. The van der Waals surface area contributed by atoms with Crippen molar-refractivity contribution in [2.75, 3.05) is 32.1 Å². The van der Waals surface area contributed by atoms with Gasteiger partial charge in [-0.2, -0.15) is 4.98 Å². The summed E-state index contributed by atoms with van der Waals surface area (Å²) in [6.45, 7) is 2.13. The summed E-state index contributed by atoms with van der Waals surface area (Å²) < 4.78 is 5.05. The van der Waals surface area contributed by atoms with Crippen LogP contribution in [-0.4, -0.2) is 43.3 Å². The van der Waals surface area contributed by atoms with Crippen molar-refractivity contribution < 1.29 is 4.74 Å². The number of hydrogen-bond acceptors (Lipinski definition) is 5. The van der Waals surface area contributed by atoms with Gasteiger partial charge in [0.1, 0.15) is 5.02 Å². The highest BCUT2D eigenvalue weighted by Crippen LogP contribution is 2.27. The number of ether oxygens (including phenoxy) is 1. The molecule has 100 valence electrons. The normalized spacial score (nSPS) is 20.3. The zero-order chi connectivity index (χ0) is 13.0. The lowest BCUT2D eigenvalue weighted by molar-refractivity contribution is 0.379. The van der Waals surface area contributed by atoms with Crippen molar-refractivity contribution >= 4 is 17.4 Å². The summed E-state index contributed by atoms with van der Waals surface area (Å²) in [6.07, 6.45) is 5.01. The molecule has 1 atom stereocenters. The molecule has 1 aromatic rings. The maximum absolute atomic E-state index is 6.17. The minimum atomic E-state index is 0.355. The standard InChI is InChI=1S/C12H19ClN4O/c1-17(9-4-3-6-14-7-5-9)11-10(13)8-15-12(16-11)18-2/h8-9,14H,3-7H2,1-2H3. The van der Waals surface area contributed by atoms with Gasteiger partial charge in [-0.25, -0.2) is 4.98 Å². The Balaban J connectivity index is 2.18. The second kappa shape index (κ2) is 6.20. The highest BCUT2D eigenvalue weighted by atomic mass is 35.5. The summed E-state index contributed by atoms with van der Waals surface area (Å²) in [6, 6.07) is 0.810. The van der Waals surface area contributed by atoms with E-state index in [-0.39, 0.29) is 0 Å². The number of rotatable bonds is 3. The Hall–Kier alpha value is -1.07. The first-order valence-corrected chi connectivity index (χ1v) is 6.60. The topological polar surface area (TPSA) is 50.3 Å². The number of nitrogens with one attached hydrogen (secondary N) is 1. The van der Waals surface area contributed by atoms with Gasteiger partial charge in [-0.05, 0) is 32.4 Å². The van der Waals surface area contributed by atoms with Crippen LogP contribution in [0.5, 0.6) is 6.01 Å². The lowest BCUT2D eigenvalue weighted by Gasteiger charge is -2.28. The summed E-state index contributed by atoms with van der Waals surface area (Å²) in [5, 5.41) is 3.97. The zero-order valence-electron chi connectivity index (χ0n) is 10.8. The van der Waals surface area contributed by atoms with Gasteiger partial charge in [0.25, 0.3) is 0 Å². The molecular formula is C12H19ClN4O. The second-order valence-corrected chi connectivity index (χ2v) is 4.88. The predicted octanol–water partition coefficient (Wildman–Crippen LogP) is 1.72. The molecule has 1 N–H and O–H groups in total. The van der Waals surface area contributed by atoms with Gasteiger partial charge in [0.05, 0.1) is 13.3 Å². The molecular weight excluding hydrogens is 252 g/mol. The predicted molar refractivity (Wildman–Crippen MR) is 72.5 cm³/mol. The molecule has 0 radical (unpaired) electrons. The Labute approximate surface area is 113 Å². The van der Waals surface area contributed by atoms with Gasteiger partial charge in [-0.15, -0.1) is 0 Å². The van der Waals surface area contributed by atoms with Gasteiger partial charge in [0.15, 0.2) is 5.82 Å². The third kappa shape index (κ3) is 3.03. The Morgan fingerprint density at radius 3 is 3.06 bits per heavy atom. The fourth-order valence-electron chi connectivity index (χ4n) is 2.25. The number of hydrogen-bond donors (Lipinski definition) is 1. The van der Waals surface area contributed by atoms with E-state index in [0.29, 0.717) is 17.1 Å². The molecule has 0 aliphatic carbocycles. The summed E-state index contributed by atoms with van der Waals surface area (Å²) in [4.78, 5) is 10.5. The molecule has 1 saturated heterocycles. The minimum Gasteiger partial charge on any atom is -0.467 e. The number of methoxy groups -OCH3 is 1. The van der Waals surface area contributed by atoms with E-state index in [1.807, 2.05) is 7.05 Å². The van der Waals surface area contributed by atoms with Crippen molar-refractivity contribution in [1.29, 1.82) is 0 Å². The molecule has 18 heavy (non-hydrogen) atoms. The molecule has 2 heterocycles.